The lowest BCUT2D eigenvalue weighted by Gasteiger charge is -2.04. The molecule has 0 saturated heterocycles. The molecule has 1 heteroatoms. The average Bonchev–Trinajstić information content (AvgIpc) is 2.07. The van der Waals surface area contributed by atoms with Crippen molar-refractivity contribution in [3.05, 3.63) is 29.1 Å². The molecule has 0 aliphatic rings. The van der Waals surface area contributed by atoms with Crippen LogP contribution in [0.3, 0.4) is 0 Å². The molecule has 12 heavy (non-hydrogen) atoms. The number of unbranched alkanes of at least 4 members (excludes halogenated alkanes) is 1. The van der Waals surface area contributed by atoms with Gasteiger partial charge in [-0.2, -0.15) is 0 Å². The van der Waals surface area contributed by atoms with Crippen LogP contribution in [0.5, 0.6) is 0 Å². The molecule has 0 N–H and O–H groups in total. The van der Waals surface area contributed by atoms with Crippen LogP contribution in [-0.2, 0) is 6.42 Å². The monoisotopic (exact) mass is 163 g/mol. The maximum Gasteiger partial charge on any atom is 0.0404 e. The van der Waals surface area contributed by atoms with Gasteiger partial charge in [0.2, 0.25) is 0 Å². The minimum absolute atomic E-state index is 1.18. The Morgan fingerprint density at radius 3 is 2.75 bits per heavy atom. The lowest BCUT2D eigenvalue weighted by Crippen LogP contribution is -1.93. The van der Waals surface area contributed by atoms with Gasteiger partial charge in [-0.1, -0.05) is 19.4 Å². The maximum atomic E-state index is 4.33. The van der Waals surface area contributed by atoms with E-state index in [4.69, 9.17) is 0 Å². The third-order valence-corrected chi connectivity index (χ3v) is 2.13. The lowest BCUT2D eigenvalue weighted by atomic mass is 10.1. The molecule has 0 bridgehead atoms. The molecule has 0 saturated carbocycles. The second kappa shape index (κ2) is 4.24. The van der Waals surface area contributed by atoms with Crippen LogP contribution in [-0.4, -0.2) is 4.98 Å². The first-order chi connectivity index (χ1) is 5.74. The number of nitrogens with zero attached hydrogens (tertiary/aromatic N) is 1. The van der Waals surface area contributed by atoms with Crippen LogP contribution < -0.4 is 0 Å². The molecule has 0 atom stereocenters. The van der Waals surface area contributed by atoms with Crippen LogP contribution in [0, 0.1) is 13.8 Å². The second-order valence-corrected chi connectivity index (χ2v) is 3.36. The fourth-order valence-electron chi connectivity index (χ4n) is 1.32. The summed E-state index contributed by atoms with van der Waals surface area (Å²) in [5.74, 6) is 0. The van der Waals surface area contributed by atoms with E-state index in [0.29, 0.717) is 0 Å². The number of pyridine rings is 1. The molecule has 1 aromatic rings. The van der Waals surface area contributed by atoms with Crippen molar-refractivity contribution in [2.75, 3.05) is 0 Å². The summed E-state index contributed by atoms with van der Waals surface area (Å²) >= 11 is 0. The van der Waals surface area contributed by atoms with E-state index in [-0.39, 0.29) is 0 Å². The van der Waals surface area contributed by atoms with Gasteiger partial charge in [-0.15, -0.1) is 0 Å². The van der Waals surface area contributed by atoms with Crippen molar-refractivity contribution >= 4 is 0 Å². The Labute approximate surface area is 74.8 Å². The summed E-state index contributed by atoms with van der Waals surface area (Å²) < 4.78 is 0. The third-order valence-electron chi connectivity index (χ3n) is 2.13. The molecule has 1 heterocycles. The Morgan fingerprint density at radius 1 is 1.33 bits per heavy atom. The molecule has 0 amide bonds. The normalized spacial score (nSPS) is 10.2. The highest BCUT2D eigenvalue weighted by atomic mass is 14.7. The van der Waals surface area contributed by atoms with Crippen LogP contribution in [0.15, 0.2) is 12.3 Å². The largest absolute Gasteiger partial charge is 0.261 e. The maximum absolute atomic E-state index is 4.33. The fourth-order valence-corrected chi connectivity index (χ4v) is 1.32. The van der Waals surface area contributed by atoms with Gasteiger partial charge in [0.25, 0.3) is 0 Å². The molecule has 0 aromatic carbocycles. The number of aromatic nitrogens is 1. The number of rotatable bonds is 3. The average molecular weight is 163 g/mol. The first kappa shape index (κ1) is 9.24. The van der Waals surface area contributed by atoms with E-state index in [1.165, 1.54) is 36.1 Å². The van der Waals surface area contributed by atoms with E-state index in [9.17, 15) is 0 Å². The Hall–Kier alpha value is -0.850. The van der Waals surface area contributed by atoms with Crippen molar-refractivity contribution in [1.29, 1.82) is 0 Å². The molecule has 1 rings (SSSR count). The van der Waals surface area contributed by atoms with Crippen LogP contribution in [0.25, 0.3) is 0 Å². The van der Waals surface area contributed by atoms with E-state index >= 15 is 0 Å². The molecule has 0 aliphatic carbocycles. The first-order valence-corrected chi connectivity index (χ1v) is 4.66. The smallest absolute Gasteiger partial charge is 0.0404 e. The molecule has 0 fully saturated rings. The van der Waals surface area contributed by atoms with E-state index in [1.807, 2.05) is 6.20 Å². The zero-order chi connectivity index (χ0) is 8.97. The molecule has 66 valence electrons. The van der Waals surface area contributed by atoms with Crippen molar-refractivity contribution in [3.8, 4) is 0 Å². The number of hydrogen-bond acceptors (Lipinski definition) is 1. The highest BCUT2D eigenvalue weighted by Gasteiger charge is 1.98. The van der Waals surface area contributed by atoms with Gasteiger partial charge in [0.1, 0.15) is 0 Å². The van der Waals surface area contributed by atoms with Gasteiger partial charge in [0.15, 0.2) is 0 Å². The molecular formula is C11H17N. The topological polar surface area (TPSA) is 12.9 Å². The van der Waals surface area contributed by atoms with Crippen molar-refractivity contribution in [2.45, 2.75) is 40.0 Å². The van der Waals surface area contributed by atoms with Gasteiger partial charge in [-0.3, -0.25) is 4.98 Å². The molecule has 0 radical (unpaired) electrons. The Kier molecular flexibility index (Phi) is 3.27. The quantitative estimate of drug-likeness (QED) is 0.667. The second-order valence-electron chi connectivity index (χ2n) is 3.36. The summed E-state index contributed by atoms with van der Waals surface area (Å²) in [6.45, 7) is 6.41. The minimum Gasteiger partial charge on any atom is -0.261 e. The van der Waals surface area contributed by atoms with Crippen molar-refractivity contribution < 1.29 is 0 Å². The summed E-state index contributed by atoms with van der Waals surface area (Å²) in [4.78, 5) is 4.33. The fraction of sp³-hybridized carbons (Fsp3) is 0.545. The third kappa shape index (κ3) is 2.33. The van der Waals surface area contributed by atoms with Gasteiger partial charge in [0, 0.05) is 11.9 Å². The van der Waals surface area contributed by atoms with Gasteiger partial charge in [-0.05, 0) is 37.8 Å². The Morgan fingerprint density at radius 2 is 2.08 bits per heavy atom. The highest BCUT2D eigenvalue weighted by molar-refractivity contribution is 5.23. The van der Waals surface area contributed by atoms with E-state index < -0.39 is 0 Å². The van der Waals surface area contributed by atoms with E-state index in [0.717, 1.165) is 0 Å². The van der Waals surface area contributed by atoms with Gasteiger partial charge in [0.05, 0.1) is 0 Å². The Bertz CT molecular complexity index is 253. The van der Waals surface area contributed by atoms with Crippen LogP contribution in [0.4, 0.5) is 0 Å². The predicted molar refractivity (Wildman–Crippen MR) is 52.3 cm³/mol. The molecule has 1 aromatic heterocycles. The minimum atomic E-state index is 1.18. The SMILES string of the molecule is CCCCc1cc(C)cnc1C. The summed E-state index contributed by atoms with van der Waals surface area (Å²) in [6.07, 6.45) is 5.64. The summed E-state index contributed by atoms with van der Waals surface area (Å²) in [5.41, 5.74) is 3.87. The van der Waals surface area contributed by atoms with Gasteiger partial charge in [-0.25, -0.2) is 0 Å². The van der Waals surface area contributed by atoms with Crippen molar-refractivity contribution in [2.24, 2.45) is 0 Å². The molecular weight excluding hydrogens is 146 g/mol. The van der Waals surface area contributed by atoms with Crippen LogP contribution >= 0.6 is 0 Å². The molecule has 0 unspecified atom stereocenters. The van der Waals surface area contributed by atoms with Crippen molar-refractivity contribution in [1.82, 2.24) is 4.98 Å². The van der Waals surface area contributed by atoms with Crippen LogP contribution in [0.2, 0.25) is 0 Å². The zero-order valence-electron chi connectivity index (χ0n) is 8.22. The predicted octanol–water partition coefficient (Wildman–Crippen LogP) is 3.04. The first-order valence-electron chi connectivity index (χ1n) is 4.66. The molecule has 0 spiro atoms. The van der Waals surface area contributed by atoms with Gasteiger partial charge < -0.3 is 0 Å². The standard InChI is InChI=1S/C11H17N/c1-4-5-6-11-7-9(2)8-12-10(11)3/h7-8H,4-6H2,1-3H3. The Balaban J connectivity index is 2.75. The summed E-state index contributed by atoms with van der Waals surface area (Å²) in [6, 6.07) is 2.25. The number of hydrogen-bond donors (Lipinski definition) is 0. The highest BCUT2D eigenvalue weighted by Crippen LogP contribution is 2.10. The zero-order valence-corrected chi connectivity index (χ0v) is 8.22. The van der Waals surface area contributed by atoms with Gasteiger partial charge >= 0.3 is 0 Å². The van der Waals surface area contributed by atoms with E-state index in [1.54, 1.807) is 0 Å². The summed E-state index contributed by atoms with van der Waals surface area (Å²) in [5, 5.41) is 0. The molecule has 1 nitrogen and oxygen atoms in total. The van der Waals surface area contributed by atoms with Crippen molar-refractivity contribution in [3.63, 3.8) is 0 Å². The van der Waals surface area contributed by atoms with E-state index in [2.05, 4.69) is 31.8 Å². The summed E-state index contributed by atoms with van der Waals surface area (Å²) in [7, 11) is 0. The lowest BCUT2D eigenvalue weighted by molar-refractivity contribution is 0.785. The van der Waals surface area contributed by atoms with Crippen LogP contribution in [0.1, 0.15) is 36.6 Å². The molecule has 0 aliphatic heterocycles. The number of aryl methyl sites for hydroxylation is 3.